The summed E-state index contributed by atoms with van der Waals surface area (Å²) in [4.78, 5) is 8.87. The number of aliphatic imine (C=N–C) groups is 2. The fourth-order valence-corrected chi connectivity index (χ4v) is 1.71. The normalized spacial score (nSPS) is 13.6. The van der Waals surface area contributed by atoms with Crippen LogP contribution in [-0.2, 0) is 0 Å². The second kappa shape index (κ2) is 6.50. The third-order valence-corrected chi connectivity index (χ3v) is 2.59. The minimum atomic E-state index is -0.286. The molecule has 0 aliphatic rings. The third kappa shape index (κ3) is 4.07. The van der Waals surface area contributed by atoms with E-state index in [-0.39, 0.29) is 6.17 Å². The van der Waals surface area contributed by atoms with Gasteiger partial charge in [-0.15, -0.1) is 0 Å². The van der Waals surface area contributed by atoms with Crippen LogP contribution < -0.4 is 5.73 Å². The summed E-state index contributed by atoms with van der Waals surface area (Å²) in [6.45, 7) is 1.77. The summed E-state index contributed by atoms with van der Waals surface area (Å²) in [5.41, 5.74) is 7.75. The van der Waals surface area contributed by atoms with Crippen molar-refractivity contribution < 1.29 is 0 Å². The topological polar surface area (TPSA) is 50.7 Å². The third-order valence-electron chi connectivity index (χ3n) is 2.59. The second-order valence-electron chi connectivity index (χ2n) is 4.24. The van der Waals surface area contributed by atoms with Crippen LogP contribution in [0, 0.1) is 0 Å². The molecule has 1 atom stereocenters. The molecule has 0 saturated carbocycles. The van der Waals surface area contributed by atoms with Crippen molar-refractivity contribution in [1.82, 2.24) is 0 Å². The van der Waals surface area contributed by atoms with Crippen LogP contribution in [0.5, 0.6) is 0 Å². The van der Waals surface area contributed by atoms with Gasteiger partial charge in [0.25, 0.3) is 0 Å². The Morgan fingerprint density at radius 2 is 1.58 bits per heavy atom. The van der Waals surface area contributed by atoms with E-state index in [0.717, 1.165) is 11.1 Å². The molecule has 96 valence electrons. The molecule has 2 rings (SSSR count). The molecule has 0 spiro atoms. The molecule has 0 saturated heterocycles. The number of hydrogen-bond acceptors (Lipinski definition) is 2. The van der Waals surface area contributed by atoms with Crippen LogP contribution in [0.2, 0.25) is 0 Å². The van der Waals surface area contributed by atoms with Gasteiger partial charge in [-0.2, -0.15) is 0 Å². The lowest BCUT2D eigenvalue weighted by molar-refractivity contribution is 0.780. The quantitative estimate of drug-likeness (QED) is 0.658. The van der Waals surface area contributed by atoms with Gasteiger partial charge in [0.1, 0.15) is 0 Å². The number of amidine groups is 1. The lowest BCUT2D eigenvalue weighted by atomic mass is 10.2. The van der Waals surface area contributed by atoms with Crippen LogP contribution in [0.3, 0.4) is 0 Å². The summed E-state index contributed by atoms with van der Waals surface area (Å²) in [6, 6.07) is 19.9. The van der Waals surface area contributed by atoms with Crippen molar-refractivity contribution in [3.05, 3.63) is 71.8 Å². The molecular formula is C16H17N3. The monoisotopic (exact) mass is 251 g/mol. The molecule has 2 aromatic carbocycles. The van der Waals surface area contributed by atoms with Crippen molar-refractivity contribution in [3.8, 4) is 0 Å². The van der Waals surface area contributed by atoms with Gasteiger partial charge in [0.2, 0.25) is 0 Å². The Hall–Kier alpha value is -2.42. The van der Waals surface area contributed by atoms with Crippen LogP contribution >= 0.6 is 0 Å². The van der Waals surface area contributed by atoms with Crippen molar-refractivity contribution >= 4 is 12.1 Å². The van der Waals surface area contributed by atoms with Crippen LogP contribution in [0.15, 0.2) is 70.6 Å². The largest absolute Gasteiger partial charge is 0.388 e. The van der Waals surface area contributed by atoms with E-state index in [1.165, 1.54) is 0 Å². The number of benzene rings is 2. The highest BCUT2D eigenvalue weighted by molar-refractivity contribution is 5.80. The summed E-state index contributed by atoms with van der Waals surface area (Å²) in [5, 5.41) is 0. The van der Waals surface area contributed by atoms with Crippen LogP contribution in [-0.4, -0.2) is 12.1 Å². The first-order valence-electron chi connectivity index (χ1n) is 6.19. The average molecular weight is 251 g/mol. The Balaban J connectivity index is 2.25. The molecule has 3 nitrogen and oxygen atoms in total. The molecule has 0 fully saturated rings. The first kappa shape index (κ1) is 13.0. The van der Waals surface area contributed by atoms with Crippen molar-refractivity contribution in [3.63, 3.8) is 0 Å². The molecule has 0 aliphatic carbocycles. The fraction of sp³-hybridized carbons (Fsp3) is 0.125. The molecule has 0 heterocycles. The number of rotatable bonds is 4. The minimum absolute atomic E-state index is 0.286. The van der Waals surface area contributed by atoms with Crippen molar-refractivity contribution in [2.45, 2.75) is 13.1 Å². The molecule has 0 aromatic heterocycles. The van der Waals surface area contributed by atoms with E-state index in [1.54, 1.807) is 6.92 Å². The van der Waals surface area contributed by atoms with Gasteiger partial charge in [0.05, 0.1) is 5.84 Å². The molecule has 19 heavy (non-hydrogen) atoms. The smallest absolute Gasteiger partial charge is 0.166 e. The van der Waals surface area contributed by atoms with E-state index in [0.29, 0.717) is 5.84 Å². The van der Waals surface area contributed by atoms with E-state index in [9.17, 15) is 0 Å². The van der Waals surface area contributed by atoms with Crippen molar-refractivity contribution in [1.29, 1.82) is 0 Å². The average Bonchev–Trinajstić information content (AvgIpc) is 2.45. The molecule has 0 radical (unpaired) electrons. The summed E-state index contributed by atoms with van der Waals surface area (Å²) >= 11 is 0. The summed E-state index contributed by atoms with van der Waals surface area (Å²) in [6.07, 6.45) is 1.54. The first-order valence-corrected chi connectivity index (χ1v) is 6.19. The SMILES string of the molecule is C/C(N)=N/C(/N=C/c1ccccc1)c1ccccc1. The lowest BCUT2D eigenvalue weighted by Crippen LogP contribution is -2.08. The second-order valence-corrected chi connectivity index (χ2v) is 4.24. The van der Waals surface area contributed by atoms with E-state index in [1.807, 2.05) is 66.9 Å². The molecule has 0 aliphatic heterocycles. The van der Waals surface area contributed by atoms with Gasteiger partial charge >= 0.3 is 0 Å². The van der Waals surface area contributed by atoms with Crippen LogP contribution in [0.25, 0.3) is 0 Å². The van der Waals surface area contributed by atoms with Gasteiger partial charge in [-0.25, -0.2) is 4.99 Å². The highest BCUT2D eigenvalue weighted by Gasteiger charge is 2.06. The molecular weight excluding hydrogens is 234 g/mol. The lowest BCUT2D eigenvalue weighted by Gasteiger charge is -2.08. The molecule has 0 bridgehead atoms. The molecule has 1 unspecified atom stereocenters. The van der Waals surface area contributed by atoms with Crippen LogP contribution in [0.4, 0.5) is 0 Å². The number of nitrogens with zero attached hydrogens (tertiary/aromatic N) is 2. The van der Waals surface area contributed by atoms with Gasteiger partial charge < -0.3 is 5.73 Å². The predicted octanol–water partition coefficient (Wildman–Crippen LogP) is 3.18. The Bertz CT molecular complexity index is 555. The zero-order valence-corrected chi connectivity index (χ0v) is 10.9. The Labute approximate surface area is 113 Å². The molecule has 3 heteroatoms. The van der Waals surface area contributed by atoms with Crippen molar-refractivity contribution in [2.75, 3.05) is 0 Å². The highest BCUT2D eigenvalue weighted by Crippen LogP contribution is 2.18. The Morgan fingerprint density at radius 1 is 1.00 bits per heavy atom. The van der Waals surface area contributed by atoms with Gasteiger partial charge in [-0.1, -0.05) is 60.7 Å². The first-order chi connectivity index (χ1) is 9.25. The number of hydrogen-bond donors (Lipinski definition) is 1. The van der Waals surface area contributed by atoms with E-state index >= 15 is 0 Å². The molecule has 2 N–H and O–H groups in total. The fourth-order valence-electron chi connectivity index (χ4n) is 1.71. The zero-order valence-electron chi connectivity index (χ0n) is 10.9. The predicted molar refractivity (Wildman–Crippen MR) is 80.5 cm³/mol. The van der Waals surface area contributed by atoms with E-state index in [2.05, 4.69) is 9.98 Å². The zero-order chi connectivity index (χ0) is 13.5. The molecule has 2 aromatic rings. The Kier molecular flexibility index (Phi) is 4.45. The summed E-state index contributed by atoms with van der Waals surface area (Å²) in [5.74, 6) is 0.527. The number of nitrogens with two attached hydrogens (primary N) is 1. The van der Waals surface area contributed by atoms with Gasteiger partial charge in [0.15, 0.2) is 6.17 Å². The summed E-state index contributed by atoms with van der Waals surface area (Å²) < 4.78 is 0. The van der Waals surface area contributed by atoms with Gasteiger partial charge in [-0.3, -0.25) is 4.99 Å². The van der Waals surface area contributed by atoms with E-state index in [4.69, 9.17) is 5.73 Å². The summed E-state index contributed by atoms with van der Waals surface area (Å²) in [7, 11) is 0. The standard InChI is InChI=1S/C16H17N3/c1-13(17)19-16(15-10-6-3-7-11-15)18-12-14-8-4-2-5-9-14/h2-12,16H,1H3,(H2,17,19)/b18-12+. The maximum Gasteiger partial charge on any atom is 0.166 e. The maximum atomic E-state index is 5.68. The van der Waals surface area contributed by atoms with E-state index < -0.39 is 0 Å². The highest BCUT2D eigenvalue weighted by atomic mass is 15.0. The molecule has 0 amide bonds. The van der Waals surface area contributed by atoms with Crippen molar-refractivity contribution in [2.24, 2.45) is 15.7 Å². The maximum absolute atomic E-state index is 5.68. The van der Waals surface area contributed by atoms with Crippen LogP contribution in [0.1, 0.15) is 24.2 Å². The van der Waals surface area contributed by atoms with Gasteiger partial charge in [-0.05, 0) is 18.1 Å². The minimum Gasteiger partial charge on any atom is -0.388 e. The van der Waals surface area contributed by atoms with Gasteiger partial charge in [0, 0.05) is 6.21 Å². The Morgan fingerprint density at radius 3 is 2.16 bits per heavy atom.